The number of nitrogens with zero attached hydrogens (tertiary/aromatic N) is 5. The Hall–Kier alpha value is -4.46. The van der Waals surface area contributed by atoms with Crippen LogP contribution in [0.25, 0.3) is 5.69 Å². The molecule has 5 aromatic rings. The molecule has 0 saturated carbocycles. The van der Waals surface area contributed by atoms with Crippen LogP contribution in [0.3, 0.4) is 0 Å². The Balaban J connectivity index is 1.29. The third kappa shape index (κ3) is 6.43. The molecular formula is C33H32N6O4S3. The van der Waals surface area contributed by atoms with Crippen LogP contribution in [-0.4, -0.2) is 57.3 Å². The Bertz CT molecular complexity index is 1890. The van der Waals surface area contributed by atoms with Crippen LogP contribution in [0, 0.1) is 13.8 Å². The standard InChI is InChI=1S/C33H32N6O4S3/c1-20-12-13-21(2)24(16-20)38-29(18-34-32(41)28-11-7-15-45-28)35-36-33(38)46-19-30(40)39-25(17-23(37-39)27-10-6-14-44-27)22-8-5-9-26(42-3)31(22)43-4/h5-16,25H,17-19H2,1-4H3,(H,34,41)/t25-/m1/s1. The molecule has 236 valence electrons. The monoisotopic (exact) mass is 672 g/mol. The number of benzene rings is 2. The van der Waals surface area contributed by atoms with E-state index in [-0.39, 0.29) is 30.2 Å². The summed E-state index contributed by atoms with van der Waals surface area (Å²) >= 11 is 4.25. The van der Waals surface area contributed by atoms with E-state index in [1.807, 2.05) is 77.7 Å². The predicted molar refractivity (Wildman–Crippen MR) is 182 cm³/mol. The summed E-state index contributed by atoms with van der Waals surface area (Å²) < 4.78 is 13.2. The first-order chi connectivity index (χ1) is 22.4. The van der Waals surface area contributed by atoms with Crippen molar-refractivity contribution in [3.63, 3.8) is 0 Å². The van der Waals surface area contributed by atoms with Crippen molar-refractivity contribution in [3.8, 4) is 17.2 Å². The molecular weight excluding hydrogens is 641 g/mol. The number of hydrazone groups is 1. The molecule has 2 aromatic carbocycles. The highest BCUT2D eigenvalue weighted by atomic mass is 32.2. The molecule has 2 amide bonds. The summed E-state index contributed by atoms with van der Waals surface area (Å²) in [6, 6.07) is 19.0. The number of thioether (sulfide) groups is 1. The molecule has 3 aromatic heterocycles. The number of methoxy groups -OCH3 is 2. The number of carbonyl (C=O) groups is 2. The maximum atomic E-state index is 14.0. The number of ether oxygens (including phenoxy) is 2. The molecule has 1 N–H and O–H groups in total. The largest absolute Gasteiger partial charge is 0.493 e. The van der Waals surface area contributed by atoms with Crippen molar-refractivity contribution in [1.29, 1.82) is 0 Å². The van der Waals surface area contributed by atoms with Gasteiger partial charge < -0.3 is 14.8 Å². The molecule has 1 aliphatic heterocycles. The number of aromatic nitrogens is 3. The molecule has 1 atom stereocenters. The van der Waals surface area contributed by atoms with Crippen LogP contribution in [-0.2, 0) is 11.3 Å². The summed E-state index contributed by atoms with van der Waals surface area (Å²) in [6.45, 7) is 4.20. The van der Waals surface area contributed by atoms with Crippen molar-refractivity contribution < 1.29 is 19.1 Å². The van der Waals surface area contributed by atoms with Gasteiger partial charge in [-0.3, -0.25) is 14.2 Å². The van der Waals surface area contributed by atoms with Crippen LogP contribution in [0.1, 0.15) is 49.5 Å². The van der Waals surface area contributed by atoms with Crippen LogP contribution < -0.4 is 14.8 Å². The van der Waals surface area contributed by atoms with Crippen molar-refractivity contribution in [2.45, 2.75) is 38.0 Å². The van der Waals surface area contributed by atoms with E-state index in [0.29, 0.717) is 33.8 Å². The van der Waals surface area contributed by atoms with E-state index in [0.717, 1.165) is 33.0 Å². The van der Waals surface area contributed by atoms with E-state index in [9.17, 15) is 9.59 Å². The molecule has 0 spiro atoms. The maximum Gasteiger partial charge on any atom is 0.261 e. The van der Waals surface area contributed by atoms with Crippen molar-refractivity contribution in [2.75, 3.05) is 20.0 Å². The second-order valence-corrected chi connectivity index (χ2v) is 13.4. The lowest BCUT2D eigenvalue weighted by atomic mass is 9.99. The van der Waals surface area contributed by atoms with Gasteiger partial charge in [-0.15, -0.1) is 32.9 Å². The number of hydrogen-bond donors (Lipinski definition) is 1. The van der Waals surface area contributed by atoms with Gasteiger partial charge in [0, 0.05) is 12.0 Å². The molecule has 0 radical (unpaired) electrons. The van der Waals surface area contributed by atoms with E-state index in [2.05, 4.69) is 21.6 Å². The van der Waals surface area contributed by atoms with Gasteiger partial charge in [0.05, 0.1) is 53.7 Å². The van der Waals surface area contributed by atoms with E-state index in [4.69, 9.17) is 14.6 Å². The Labute approximate surface area is 279 Å². The van der Waals surface area contributed by atoms with Crippen LogP contribution in [0.4, 0.5) is 0 Å². The fourth-order valence-electron chi connectivity index (χ4n) is 5.31. The van der Waals surface area contributed by atoms with E-state index in [1.54, 1.807) is 36.6 Å². The summed E-state index contributed by atoms with van der Waals surface area (Å²) in [5, 5.41) is 22.7. The smallest absolute Gasteiger partial charge is 0.261 e. The number of thiophene rings is 2. The van der Waals surface area contributed by atoms with Crippen LogP contribution in [0.5, 0.6) is 11.5 Å². The fourth-order valence-corrected chi connectivity index (χ4v) is 7.48. The maximum absolute atomic E-state index is 14.0. The summed E-state index contributed by atoms with van der Waals surface area (Å²) in [7, 11) is 3.19. The highest BCUT2D eigenvalue weighted by molar-refractivity contribution is 7.99. The second-order valence-electron chi connectivity index (χ2n) is 10.5. The highest BCUT2D eigenvalue weighted by Crippen LogP contribution is 2.42. The Morgan fingerprint density at radius 1 is 1.00 bits per heavy atom. The Morgan fingerprint density at radius 2 is 1.83 bits per heavy atom. The van der Waals surface area contributed by atoms with E-state index >= 15 is 0 Å². The first-order valence-electron chi connectivity index (χ1n) is 14.5. The molecule has 0 bridgehead atoms. The van der Waals surface area contributed by atoms with Crippen molar-refractivity contribution >= 4 is 52.0 Å². The molecule has 13 heteroatoms. The number of amides is 2. The van der Waals surface area contributed by atoms with Gasteiger partial charge >= 0.3 is 0 Å². The highest BCUT2D eigenvalue weighted by Gasteiger charge is 2.36. The molecule has 0 fully saturated rings. The third-order valence-electron chi connectivity index (χ3n) is 7.55. The molecule has 0 unspecified atom stereocenters. The second kappa shape index (κ2) is 13.9. The third-order valence-corrected chi connectivity index (χ3v) is 10.2. The zero-order valence-electron chi connectivity index (χ0n) is 25.7. The van der Waals surface area contributed by atoms with Gasteiger partial charge in [-0.25, -0.2) is 5.01 Å². The minimum Gasteiger partial charge on any atom is -0.493 e. The van der Waals surface area contributed by atoms with Gasteiger partial charge in [0.25, 0.3) is 11.8 Å². The van der Waals surface area contributed by atoms with Crippen LogP contribution in [0.2, 0.25) is 0 Å². The average Bonchev–Trinajstić information content (AvgIpc) is 3.90. The zero-order valence-corrected chi connectivity index (χ0v) is 28.2. The topological polar surface area (TPSA) is 111 Å². The van der Waals surface area contributed by atoms with E-state index < -0.39 is 0 Å². The molecule has 6 rings (SSSR count). The lowest BCUT2D eigenvalue weighted by molar-refractivity contribution is -0.130. The van der Waals surface area contributed by atoms with Crippen molar-refractivity contribution in [3.05, 3.63) is 104 Å². The molecule has 10 nitrogen and oxygen atoms in total. The minimum absolute atomic E-state index is 0.0640. The Kier molecular flexibility index (Phi) is 9.52. The zero-order chi connectivity index (χ0) is 32.2. The predicted octanol–water partition coefficient (Wildman–Crippen LogP) is 6.42. The average molecular weight is 673 g/mol. The molecule has 0 aliphatic carbocycles. The molecule has 4 heterocycles. The first kappa shape index (κ1) is 31.5. The Morgan fingerprint density at radius 3 is 2.57 bits per heavy atom. The summed E-state index contributed by atoms with van der Waals surface area (Å²) in [5.74, 6) is 1.43. The summed E-state index contributed by atoms with van der Waals surface area (Å²) in [5.41, 5.74) is 4.62. The minimum atomic E-state index is -0.379. The van der Waals surface area contributed by atoms with Crippen molar-refractivity contribution in [1.82, 2.24) is 25.1 Å². The van der Waals surface area contributed by atoms with Gasteiger partial charge in [0.1, 0.15) is 0 Å². The summed E-state index contributed by atoms with van der Waals surface area (Å²) in [4.78, 5) is 28.4. The first-order valence-corrected chi connectivity index (χ1v) is 17.2. The lowest BCUT2D eigenvalue weighted by Crippen LogP contribution is -2.29. The number of hydrogen-bond acceptors (Lipinski definition) is 10. The molecule has 1 aliphatic rings. The van der Waals surface area contributed by atoms with Crippen LogP contribution >= 0.6 is 34.4 Å². The number of carbonyl (C=O) groups excluding carboxylic acids is 2. The van der Waals surface area contributed by atoms with E-state index in [1.165, 1.54) is 23.1 Å². The number of nitrogens with one attached hydrogen (secondary N) is 1. The van der Waals surface area contributed by atoms with Gasteiger partial charge in [-0.05, 0) is 60.0 Å². The normalized spacial score (nSPS) is 14.3. The number of para-hydroxylation sites is 1. The van der Waals surface area contributed by atoms with Gasteiger partial charge in [-0.2, -0.15) is 5.10 Å². The molecule has 0 saturated heterocycles. The SMILES string of the molecule is COc1cccc([C@H]2CC(c3cccs3)=NN2C(=O)CSc2nnc(CNC(=O)c3cccs3)n2-c2cc(C)ccc2C)c1OC. The van der Waals surface area contributed by atoms with Crippen molar-refractivity contribution in [2.24, 2.45) is 5.10 Å². The molecule has 46 heavy (non-hydrogen) atoms. The quantitative estimate of drug-likeness (QED) is 0.161. The lowest BCUT2D eigenvalue weighted by Gasteiger charge is -2.24. The fraction of sp³-hybridized carbons (Fsp3) is 0.242. The number of rotatable bonds is 11. The van der Waals surface area contributed by atoms with Gasteiger partial charge in [0.15, 0.2) is 22.5 Å². The van der Waals surface area contributed by atoms with Gasteiger partial charge in [-0.1, -0.05) is 48.2 Å². The van der Waals surface area contributed by atoms with Crippen LogP contribution in [0.15, 0.2) is 81.7 Å². The van der Waals surface area contributed by atoms with Gasteiger partial charge in [0.2, 0.25) is 0 Å². The summed E-state index contributed by atoms with van der Waals surface area (Å²) in [6.07, 6.45) is 0.535. The number of aryl methyl sites for hydroxylation is 2.